The third-order valence-electron chi connectivity index (χ3n) is 1.45. The molecule has 2 N–H and O–H groups in total. The summed E-state index contributed by atoms with van der Waals surface area (Å²) in [6, 6.07) is 5.78. The number of pyridine rings is 1. The van der Waals surface area contributed by atoms with Gasteiger partial charge in [0.05, 0.1) is 11.4 Å². The molecule has 0 atom stereocenters. The second kappa shape index (κ2) is 3.30. The highest BCUT2D eigenvalue weighted by Crippen LogP contribution is 2.07. The van der Waals surface area contributed by atoms with Gasteiger partial charge in [-0.25, -0.2) is 0 Å². The first kappa shape index (κ1) is 7.95. The van der Waals surface area contributed by atoms with E-state index >= 15 is 0 Å². The Morgan fingerprint density at radius 1 is 1.64 bits per heavy atom. The Kier molecular flexibility index (Phi) is 2.39. The smallest absolute Gasteiger partial charge is 0.0656 e. The van der Waals surface area contributed by atoms with Gasteiger partial charge in [0.2, 0.25) is 0 Å². The summed E-state index contributed by atoms with van der Waals surface area (Å²) in [5, 5.41) is 0. The van der Waals surface area contributed by atoms with E-state index in [0.717, 1.165) is 17.0 Å². The van der Waals surface area contributed by atoms with Crippen molar-refractivity contribution >= 4 is 5.57 Å². The molecule has 0 aliphatic heterocycles. The monoisotopic (exact) mass is 148 g/mol. The van der Waals surface area contributed by atoms with Crippen LogP contribution >= 0.6 is 0 Å². The van der Waals surface area contributed by atoms with E-state index in [4.69, 9.17) is 5.73 Å². The summed E-state index contributed by atoms with van der Waals surface area (Å²) in [6.07, 6.45) is 0. The number of nitrogens with zero attached hydrogens (tertiary/aromatic N) is 1. The van der Waals surface area contributed by atoms with Crippen LogP contribution in [0.1, 0.15) is 18.3 Å². The Morgan fingerprint density at radius 2 is 2.36 bits per heavy atom. The van der Waals surface area contributed by atoms with Gasteiger partial charge in [0, 0.05) is 6.54 Å². The van der Waals surface area contributed by atoms with Crippen molar-refractivity contribution in [2.75, 3.05) is 0 Å². The third-order valence-corrected chi connectivity index (χ3v) is 1.45. The van der Waals surface area contributed by atoms with Crippen LogP contribution in [0.3, 0.4) is 0 Å². The van der Waals surface area contributed by atoms with Crippen molar-refractivity contribution in [3.8, 4) is 0 Å². The quantitative estimate of drug-likeness (QED) is 0.691. The van der Waals surface area contributed by atoms with Gasteiger partial charge in [-0.2, -0.15) is 0 Å². The molecule has 0 bridgehead atoms. The molecule has 0 aromatic carbocycles. The van der Waals surface area contributed by atoms with Crippen molar-refractivity contribution in [1.82, 2.24) is 4.98 Å². The molecule has 2 heteroatoms. The molecule has 0 radical (unpaired) electrons. The van der Waals surface area contributed by atoms with Gasteiger partial charge in [-0.3, -0.25) is 4.98 Å². The molecular formula is C9H12N2. The van der Waals surface area contributed by atoms with Gasteiger partial charge >= 0.3 is 0 Å². The van der Waals surface area contributed by atoms with Crippen LogP contribution in [0.4, 0.5) is 0 Å². The maximum atomic E-state index is 5.43. The molecule has 1 aromatic heterocycles. The van der Waals surface area contributed by atoms with Crippen LogP contribution in [0.25, 0.3) is 5.57 Å². The van der Waals surface area contributed by atoms with Gasteiger partial charge in [0.15, 0.2) is 0 Å². The van der Waals surface area contributed by atoms with E-state index in [9.17, 15) is 0 Å². The summed E-state index contributed by atoms with van der Waals surface area (Å²) < 4.78 is 0. The highest BCUT2D eigenvalue weighted by atomic mass is 14.7. The van der Waals surface area contributed by atoms with Crippen molar-refractivity contribution in [2.24, 2.45) is 5.73 Å². The van der Waals surface area contributed by atoms with E-state index < -0.39 is 0 Å². The molecule has 11 heavy (non-hydrogen) atoms. The fraction of sp³-hybridized carbons (Fsp3) is 0.222. The minimum absolute atomic E-state index is 0.487. The zero-order valence-electron chi connectivity index (χ0n) is 6.67. The zero-order chi connectivity index (χ0) is 8.27. The van der Waals surface area contributed by atoms with Gasteiger partial charge in [0.25, 0.3) is 0 Å². The predicted octanol–water partition coefficient (Wildman–Crippen LogP) is 1.57. The van der Waals surface area contributed by atoms with E-state index in [-0.39, 0.29) is 0 Å². The van der Waals surface area contributed by atoms with Gasteiger partial charge in [-0.05, 0) is 24.6 Å². The fourth-order valence-corrected chi connectivity index (χ4v) is 0.831. The molecule has 0 amide bonds. The summed E-state index contributed by atoms with van der Waals surface area (Å²) >= 11 is 0. The fourth-order valence-electron chi connectivity index (χ4n) is 0.831. The Morgan fingerprint density at radius 3 is 2.91 bits per heavy atom. The number of hydrogen-bond donors (Lipinski definition) is 1. The molecule has 0 fully saturated rings. The number of nitrogens with two attached hydrogens (primary N) is 1. The average molecular weight is 148 g/mol. The molecule has 0 spiro atoms. The minimum Gasteiger partial charge on any atom is -0.325 e. The Balaban J connectivity index is 3.01. The van der Waals surface area contributed by atoms with Crippen molar-refractivity contribution in [3.05, 3.63) is 36.2 Å². The third kappa shape index (κ3) is 1.88. The van der Waals surface area contributed by atoms with Gasteiger partial charge in [-0.1, -0.05) is 12.6 Å². The second-order valence-electron chi connectivity index (χ2n) is 2.50. The summed E-state index contributed by atoms with van der Waals surface area (Å²) in [5.74, 6) is 0. The highest BCUT2D eigenvalue weighted by molar-refractivity contribution is 5.57. The van der Waals surface area contributed by atoms with Crippen molar-refractivity contribution < 1.29 is 0 Å². The van der Waals surface area contributed by atoms with Crippen molar-refractivity contribution in [3.63, 3.8) is 0 Å². The van der Waals surface area contributed by atoms with Crippen LogP contribution < -0.4 is 5.73 Å². The predicted molar refractivity (Wildman–Crippen MR) is 46.8 cm³/mol. The molecule has 0 saturated carbocycles. The first-order valence-corrected chi connectivity index (χ1v) is 3.56. The molecule has 0 aliphatic rings. The Hall–Kier alpha value is -1.15. The molecule has 0 unspecified atom stereocenters. The Labute approximate surface area is 66.8 Å². The highest BCUT2D eigenvalue weighted by Gasteiger charge is 1.94. The van der Waals surface area contributed by atoms with Crippen LogP contribution in [0, 0.1) is 0 Å². The topological polar surface area (TPSA) is 38.9 Å². The maximum absolute atomic E-state index is 5.43. The molecule has 1 rings (SSSR count). The second-order valence-corrected chi connectivity index (χ2v) is 2.50. The van der Waals surface area contributed by atoms with Crippen molar-refractivity contribution in [2.45, 2.75) is 13.5 Å². The first-order chi connectivity index (χ1) is 5.24. The Bertz CT molecular complexity index is 266. The standard InChI is InChI=1S/C9H12N2/c1-7(2)9-5-3-4-8(6-10)11-9/h3-5H,1,6,10H2,2H3. The normalized spacial score (nSPS) is 9.64. The van der Waals surface area contributed by atoms with Crippen LogP contribution in [0.5, 0.6) is 0 Å². The van der Waals surface area contributed by atoms with Gasteiger partial charge < -0.3 is 5.73 Å². The van der Waals surface area contributed by atoms with Crippen LogP contribution in [-0.2, 0) is 6.54 Å². The van der Waals surface area contributed by atoms with E-state index in [1.165, 1.54) is 0 Å². The lowest BCUT2D eigenvalue weighted by Crippen LogP contribution is -2.00. The summed E-state index contributed by atoms with van der Waals surface area (Å²) in [5.41, 5.74) is 8.23. The van der Waals surface area contributed by atoms with E-state index in [2.05, 4.69) is 11.6 Å². The molecule has 0 saturated heterocycles. The minimum atomic E-state index is 0.487. The van der Waals surface area contributed by atoms with Gasteiger partial charge in [-0.15, -0.1) is 0 Å². The molecule has 2 nitrogen and oxygen atoms in total. The van der Waals surface area contributed by atoms with Crippen LogP contribution in [0.15, 0.2) is 24.8 Å². The number of hydrogen-bond acceptors (Lipinski definition) is 2. The lowest BCUT2D eigenvalue weighted by atomic mass is 10.2. The SMILES string of the molecule is C=C(C)c1cccc(CN)n1. The zero-order valence-corrected chi connectivity index (χ0v) is 6.67. The van der Waals surface area contributed by atoms with Crippen LogP contribution in [0.2, 0.25) is 0 Å². The first-order valence-electron chi connectivity index (χ1n) is 3.56. The van der Waals surface area contributed by atoms with Crippen molar-refractivity contribution in [1.29, 1.82) is 0 Å². The summed E-state index contributed by atoms with van der Waals surface area (Å²) in [4.78, 5) is 4.27. The number of rotatable bonds is 2. The lowest BCUT2D eigenvalue weighted by Gasteiger charge is -2.00. The summed E-state index contributed by atoms with van der Waals surface area (Å²) in [7, 11) is 0. The summed E-state index contributed by atoms with van der Waals surface area (Å²) in [6.45, 7) is 6.22. The van der Waals surface area contributed by atoms with E-state index in [1.54, 1.807) is 0 Å². The lowest BCUT2D eigenvalue weighted by molar-refractivity contribution is 0.982. The molecule has 1 heterocycles. The van der Waals surface area contributed by atoms with E-state index in [0.29, 0.717) is 6.54 Å². The number of aromatic nitrogens is 1. The number of allylic oxidation sites excluding steroid dienone is 1. The largest absolute Gasteiger partial charge is 0.325 e. The molecular weight excluding hydrogens is 136 g/mol. The molecule has 0 aliphatic carbocycles. The van der Waals surface area contributed by atoms with E-state index in [1.807, 2.05) is 25.1 Å². The van der Waals surface area contributed by atoms with Crippen LogP contribution in [-0.4, -0.2) is 4.98 Å². The molecule has 1 aromatic rings. The maximum Gasteiger partial charge on any atom is 0.0656 e. The average Bonchev–Trinajstić information content (AvgIpc) is 2.05. The van der Waals surface area contributed by atoms with Gasteiger partial charge in [0.1, 0.15) is 0 Å². The molecule has 58 valence electrons.